The van der Waals surface area contributed by atoms with E-state index in [0.29, 0.717) is 28.3 Å². The minimum absolute atomic E-state index is 0.100. The third-order valence-electron chi connectivity index (χ3n) is 3.98. The van der Waals surface area contributed by atoms with Gasteiger partial charge in [0.15, 0.2) is 0 Å². The first-order valence-corrected chi connectivity index (χ1v) is 7.91. The van der Waals surface area contributed by atoms with E-state index in [4.69, 9.17) is 18.2 Å². The number of fused-ring (bicyclic) bond motifs is 1. The maximum atomic E-state index is 14.3. The highest BCUT2D eigenvalue weighted by molar-refractivity contribution is 6.31. The maximum Gasteiger partial charge on any atom is 0.254 e. The summed E-state index contributed by atoms with van der Waals surface area (Å²) in [5, 5.41) is -0.182. The Kier molecular flexibility index (Phi) is 3.86. The SMILES string of the molecule is [C-]#[N+]c1cnc2ccc(-c3cccnc3-c3cc(Cl)c(F)cc3F)cn12. The first-order valence-electron chi connectivity index (χ1n) is 7.53. The van der Waals surface area contributed by atoms with Gasteiger partial charge in [0.1, 0.15) is 11.6 Å². The van der Waals surface area contributed by atoms with Crippen molar-refractivity contribution in [2.24, 2.45) is 0 Å². The molecule has 0 aliphatic heterocycles. The average Bonchev–Trinajstić information content (AvgIpc) is 3.07. The fraction of sp³-hybridized carbons (Fsp3) is 0. The molecule has 1 aromatic carbocycles. The first kappa shape index (κ1) is 16.2. The fourth-order valence-electron chi connectivity index (χ4n) is 2.77. The Labute approximate surface area is 152 Å². The molecule has 0 bridgehead atoms. The molecule has 0 amide bonds. The second kappa shape index (κ2) is 6.21. The van der Waals surface area contributed by atoms with Crippen molar-refractivity contribution < 1.29 is 8.78 Å². The van der Waals surface area contributed by atoms with Gasteiger partial charge < -0.3 is 4.85 Å². The zero-order valence-electron chi connectivity index (χ0n) is 13.1. The lowest BCUT2D eigenvalue weighted by molar-refractivity contribution is 0.585. The van der Waals surface area contributed by atoms with Crippen molar-refractivity contribution in [1.29, 1.82) is 0 Å². The molecule has 126 valence electrons. The van der Waals surface area contributed by atoms with E-state index in [1.807, 2.05) is 0 Å². The van der Waals surface area contributed by atoms with Crippen LogP contribution in [-0.2, 0) is 0 Å². The van der Waals surface area contributed by atoms with E-state index in [-0.39, 0.29) is 10.6 Å². The van der Waals surface area contributed by atoms with Gasteiger partial charge in [-0.2, -0.15) is 0 Å². The van der Waals surface area contributed by atoms with Gasteiger partial charge >= 0.3 is 0 Å². The molecule has 0 N–H and O–H groups in total. The van der Waals surface area contributed by atoms with Crippen LogP contribution in [0.25, 0.3) is 32.9 Å². The Morgan fingerprint density at radius 2 is 1.88 bits per heavy atom. The van der Waals surface area contributed by atoms with Gasteiger partial charge in [0.05, 0.1) is 23.1 Å². The van der Waals surface area contributed by atoms with Gasteiger partial charge in [0.2, 0.25) is 5.65 Å². The van der Waals surface area contributed by atoms with E-state index < -0.39 is 11.6 Å². The Hall–Kier alpha value is -3.30. The molecule has 0 aliphatic carbocycles. The van der Waals surface area contributed by atoms with E-state index in [1.165, 1.54) is 18.5 Å². The molecule has 0 spiro atoms. The normalized spacial score (nSPS) is 10.8. The first-order chi connectivity index (χ1) is 12.6. The van der Waals surface area contributed by atoms with Crippen molar-refractivity contribution in [2.45, 2.75) is 0 Å². The van der Waals surface area contributed by atoms with Crippen molar-refractivity contribution >= 4 is 23.1 Å². The summed E-state index contributed by atoms with van der Waals surface area (Å²) in [5.41, 5.74) is 2.39. The number of aromatic nitrogens is 3. The molecule has 0 fully saturated rings. The summed E-state index contributed by atoms with van der Waals surface area (Å²) in [6, 6.07) is 9.02. The van der Waals surface area contributed by atoms with Crippen molar-refractivity contribution in [3.05, 3.63) is 83.1 Å². The topological polar surface area (TPSA) is 34.5 Å². The monoisotopic (exact) mass is 366 g/mol. The molecule has 4 nitrogen and oxygen atoms in total. The predicted molar refractivity (Wildman–Crippen MR) is 95.0 cm³/mol. The van der Waals surface area contributed by atoms with Crippen molar-refractivity contribution in [1.82, 2.24) is 14.4 Å². The molecule has 7 heteroatoms. The molecule has 0 aliphatic rings. The second-order valence-corrected chi connectivity index (χ2v) is 5.93. The van der Waals surface area contributed by atoms with Crippen LogP contribution >= 0.6 is 11.6 Å². The average molecular weight is 367 g/mol. The van der Waals surface area contributed by atoms with Crippen molar-refractivity contribution in [2.75, 3.05) is 0 Å². The number of hydrogen-bond donors (Lipinski definition) is 0. The molecule has 0 atom stereocenters. The Morgan fingerprint density at radius 1 is 1.04 bits per heavy atom. The van der Waals surface area contributed by atoms with Crippen LogP contribution in [0.2, 0.25) is 5.02 Å². The summed E-state index contributed by atoms with van der Waals surface area (Å²) in [4.78, 5) is 11.8. The molecule has 26 heavy (non-hydrogen) atoms. The summed E-state index contributed by atoms with van der Waals surface area (Å²) >= 11 is 5.82. The van der Waals surface area contributed by atoms with Crippen LogP contribution < -0.4 is 0 Å². The second-order valence-electron chi connectivity index (χ2n) is 5.52. The number of imidazole rings is 1. The summed E-state index contributed by atoms with van der Waals surface area (Å²) in [6.45, 7) is 7.22. The van der Waals surface area contributed by atoms with Crippen LogP contribution in [0.1, 0.15) is 0 Å². The number of nitrogens with zero attached hydrogens (tertiary/aromatic N) is 4. The van der Waals surface area contributed by atoms with Gasteiger partial charge in [0.25, 0.3) is 5.82 Å². The van der Waals surface area contributed by atoms with Crippen LogP contribution in [0.5, 0.6) is 0 Å². The molecule has 4 aromatic rings. The van der Waals surface area contributed by atoms with Gasteiger partial charge in [-0.25, -0.2) is 18.2 Å². The third kappa shape index (κ3) is 2.59. The Bertz CT molecular complexity index is 1190. The van der Waals surface area contributed by atoms with Crippen LogP contribution in [-0.4, -0.2) is 14.4 Å². The van der Waals surface area contributed by atoms with E-state index in [2.05, 4.69) is 14.8 Å². The molecule has 3 aromatic heterocycles. The minimum Gasteiger partial charge on any atom is -0.362 e. The molecular weight excluding hydrogens is 358 g/mol. The molecule has 0 radical (unpaired) electrons. The number of halogens is 3. The van der Waals surface area contributed by atoms with Crippen LogP contribution in [0, 0.1) is 18.2 Å². The molecule has 0 unspecified atom stereocenters. The number of benzene rings is 1. The quantitative estimate of drug-likeness (QED) is 0.344. The molecule has 0 saturated heterocycles. The standard InChI is InChI=1S/C19H9ClF2N4/c1-23-18-9-25-17-5-4-11(10-26(17)18)12-3-2-6-24-19(12)13-7-14(20)16(22)8-15(13)21/h2-10H. The lowest BCUT2D eigenvalue weighted by atomic mass is 10.00. The van der Waals surface area contributed by atoms with Crippen LogP contribution in [0.15, 0.2) is 55.0 Å². The third-order valence-corrected chi connectivity index (χ3v) is 4.27. The summed E-state index contributed by atoms with van der Waals surface area (Å²) in [7, 11) is 0. The zero-order chi connectivity index (χ0) is 18.3. The van der Waals surface area contributed by atoms with E-state index in [0.717, 1.165) is 6.07 Å². The Balaban J connectivity index is 1.95. The van der Waals surface area contributed by atoms with E-state index >= 15 is 0 Å². The van der Waals surface area contributed by atoms with Gasteiger partial charge in [-0.1, -0.05) is 24.2 Å². The van der Waals surface area contributed by atoms with Gasteiger partial charge in [-0.05, 0) is 18.2 Å². The number of rotatable bonds is 2. The van der Waals surface area contributed by atoms with Crippen LogP contribution in [0.3, 0.4) is 0 Å². The fourth-order valence-corrected chi connectivity index (χ4v) is 2.93. The summed E-state index contributed by atoms with van der Waals surface area (Å²) in [6.07, 6.45) is 4.74. The molecule has 0 saturated carbocycles. The lowest BCUT2D eigenvalue weighted by Crippen LogP contribution is -1.95. The molecular formula is C19H9ClF2N4. The van der Waals surface area contributed by atoms with Gasteiger partial charge in [0, 0.05) is 35.0 Å². The van der Waals surface area contributed by atoms with Gasteiger partial charge in [-0.3, -0.25) is 4.98 Å². The van der Waals surface area contributed by atoms with E-state index in [9.17, 15) is 8.78 Å². The predicted octanol–water partition coefficient (Wildman–Crippen LogP) is 5.55. The van der Waals surface area contributed by atoms with Gasteiger partial charge in [-0.15, -0.1) is 0 Å². The number of hydrogen-bond acceptors (Lipinski definition) is 2. The molecule has 3 heterocycles. The smallest absolute Gasteiger partial charge is 0.254 e. The van der Waals surface area contributed by atoms with Crippen molar-refractivity contribution in [3.8, 4) is 22.4 Å². The number of pyridine rings is 2. The van der Waals surface area contributed by atoms with Crippen molar-refractivity contribution in [3.63, 3.8) is 0 Å². The maximum absolute atomic E-state index is 14.3. The summed E-state index contributed by atoms with van der Waals surface area (Å²) < 4.78 is 29.5. The minimum atomic E-state index is -0.827. The summed E-state index contributed by atoms with van der Waals surface area (Å²) in [5.74, 6) is -1.22. The highest BCUT2D eigenvalue weighted by Gasteiger charge is 2.17. The van der Waals surface area contributed by atoms with Crippen LogP contribution in [0.4, 0.5) is 14.6 Å². The highest BCUT2D eigenvalue weighted by atomic mass is 35.5. The largest absolute Gasteiger partial charge is 0.362 e. The molecule has 4 rings (SSSR count). The van der Waals surface area contributed by atoms with E-state index in [1.54, 1.807) is 34.9 Å². The zero-order valence-corrected chi connectivity index (χ0v) is 13.9. The highest BCUT2D eigenvalue weighted by Crippen LogP contribution is 2.34. The lowest BCUT2D eigenvalue weighted by Gasteiger charge is -2.10. The Morgan fingerprint density at radius 3 is 2.69 bits per heavy atom.